The summed E-state index contributed by atoms with van der Waals surface area (Å²) in [6.07, 6.45) is -0.744. The van der Waals surface area contributed by atoms with Crippen LogP contribution in [-0.2, 0) is 16.1 Å². The highest BCUT2D eigenvalue weighted by atomic mass is 32.2. The summed E-state index contributed by atoms with van der Waals surface area (Å²) in [4.78, 5) is 41.8. The Bertz CT molecular complexity index is 1120. The zero-order chi connectivity index (χ0) is 21.7. The number of fused-ring (bicyclic) bond motifs is 1. The van der Waals surface area contributed by atoms with E-state index in [0.717, 1.165) is 11.8 Å². The number of amides is 1. The van der Waals surface area contributed by atoms with E-state index in [0.29, 0.717) is 21.1 Å². The van der Waals surface area contributed by atoms with E-state index in [1.54, 1.807) is 49.6 Å². The van der Waals surface area contributed by atoms with Crippen molar-refractivity contribution in [2.24, 2.45) is 0 Å². The largest absolute Gasteiger partial charge is 0.462 e. The molecule has 0 fully saturated rings. The Morgan fingerprint density at radius 1 is 1.33 bits per heavy atom. The standard InChI is InChI=1S/C20H21N3O5S2/c1-3-28-19(27)13-6-4-5-7-14(13)21-16(25)11-30-20-22-15-8-9-29-17(15)18(26)23(20)10-12(2)24/h4-9,12,24H,3,10-11H2,1-2H3,(H,21,25). The first kappa shape index (κ1) is 22.0. The van der Waals surface area contributed by atoms with Crippen LogP contribution in [0.5, 0.6) is 0 Å². The van der Waals surface area contributed by atoms with Crippen molar-refractivity contribution in [3.8, 4) is 0 Å². The lowest BCUT2D eigenvalue weighted by Gasteiger charge is -2.14. The van der Waals surface area contributed by atoms with Crippen molar-refractivity contribution in [1.29, 1.82) is 0 Å². The molecule has 2 N–H and O–H groups in total. The molecule has 0 aliphatic rings. The molecular formula is C20H21N3O5S2. The Labute approximate surface area is 180 Å². The van der Waals surface area contributed by atoms with Crippen LogP contribution >= 0.6 is 23.1 Å². The third kappa shape index (κ3) is 5.07. The van der Waals surface area contributed by atoms with Gasteiger partial charge in [0.25, 0.3) is 5.56 Å². The lowest BCUT2D eigenvalue weighted by atomic mass is 10.2. The first-order chi connectivity index (χ1) is 14.4. The number of esters is 1. The first-order valence-corrected chi connectivity index (χ1v) is 11.1. The van der Waals surface area contributed by atoms with Gasteiger partial charge in [-0.2, -0.15) is 0 Å². The van der Waals surface area contributed by atoms with Gasteiger partial charge in [0.15, 0.2) is 5.16 Å². The second-order valence-corrected chi connectivity index (χ2v) is 8.26. The second-order valence-electron chi connectivity index (χ2n) is 6.40. The number of aromatic nitrogens is 2. The molecule has 0 aliphatic carbocycles. The van der Waals surface area contributed by atoms with Crippen molar-refractivity contribution >= 4 is 50.9 Å². The fourth-order valence-electron chi connectivity index (χ4n) is 2.75. The van der Waals surface area contributed by atoms with Crippen LogP contribution in [0.2, 0.25) is 0 Å². The van der Waals surface area contributed by atoms with Gasteiger partial charge < -0.3 is 15.2 Å². The molecule has 3 rings (SSSR count). The lowest BCUT2D eigenvalue weighted by molar-refractivity contribution is -0.113. The van der Waals surface area contributed by atoms with Crippen molar-refractivity contribution < 1.29 is 19.4 Å². The lowest BCUT2D eigenvalue weighted by Crippen LogP contribution is -2.27. The van der Waals surface area contributed by atoms with E-state index in [9.17, 15) is 19.5 Å². The molecule has 158 valence electrons. The molecule has 1 unspecified atom stereocenters. The van der Waals surface area contributed by atoms with E-state index in [1.165, 1.54) is 15.9 Å². The number of nitrogens with zero attached hydrogens (tertiary/aromatic N) is 2. The van der Waals surface area contributed by atoms with Gasteiger partial charge in [-0.3, -0.25) is 14.2 Å². The normalized spacial score (nSPS) is 12.0. The van der Waals surface area contributed by atoms with Crippen molar-refractivity contribution in [3.05, 3.63) is 51.6 Å². The number of aliphatic hydroxyl groups is 1. The minimum atomic E-state index is -0.744. The molecule has 0 aliphatic heterocycles. The highest BCUT2D eigenvalue weighted by Crippen LogP contribution is 2.22. The fourth-order valence-corrected chi connectivity index (χ4v) is 4.34. The Hall–Kier alpha value is -2.69. The van der Waals surface area contributed by atoms with Gasteiger partial charge in [-0.1, -0.05) is 23.9 Å². The number of carbonyl (C=O) groups is 2. The number of nitrogens with one attached hydrogen (secondary N) is 1. The molecule has 0 saturated carbocycles. The molecule has 2 aromatic heterocycles. The predicted molar refractivity (Wildman–Crippen MR) is 117 cm³/mol. The maximum atomic E-state index is 12.7. The number of hydrogen-bond acceptors (Lipinski definition) is 8. The Morgan fingerprint density at radius 2 is 2.10 bits per heavy atom. The van der Waals surface area contributed by atoms with Crippen LogP contribution in [0.1, 0.15) is 24.2 Å². The number of anilines is 1. The molecule has 30 heavy (non-hydrogen) atoms. The summed E-state index contributed by atoms with van der Waals surface area (Å²) in [6, 6.07) is 8.33. The number of hydrogen-bond donors (Lipinski definition) is 2. The van der Waals surface area contributed by atoms with Crippen molar-refractivity contribution in [1.82, 2.24) is 9.55 Å². The molecule has 3 aromatic rings. The molecule has 0 spiro atoms. The SMILES string of the molecule is CCOC(=O)c1ccccc1NC(=O)CSc1nc2ccsc2c(=O)n1CC(C)O. The summed E-state index contributed by atoms with van der Waals surface area (Å²) in [5, 5.41) is 14.6. The average molecular weight is 448 g/mol. The summed E-state index contributed by atoms with van der Waals surface area (Å²) < 4.78 is 6.90. The highest BCUT2D eigenvalue weighted by molar-refractivity contribution is 7.99. The van der Waals surface area contributed by atoms with Crippen LogP contribution in [-0.4, -0.2) is 45.0 Å². The first-order valence-electron chi connectivity index (χ1n) is 9.25. The number of ether oxygens (including phenoxy) is 1. The summed E-state index contributed by atoms with van der Waals surface area (Å²) >= 11 is 2.38. The van der Waals surface area contributed by atoms with Gasteiger partial charge in [0.1, 0.15) is 4.70 Å². The zero-order valence-electron chi connectivity index (χ0n) is 16.5. The molecule has 1 atom stereocenters. The van der Waals surface area contributed by atoms with Gasteiger partial charge in [0, 0.05) is 0 Å². The van der Waals surface area contributed by atoms with E-state index in [-0.39, 0.29) is 35.9 Å². The van der Waals surface area contributed by atoms with E-state index in [2.05, 4.69) is 10.3 Å². The molecule has 0 bridgehead atoms. The van der Waals surface area contributed by atoms with E-state index in [4.69, 9.17) is 4.74 Å². The molecule has 8 nitrogen and oxygen atoms in total. The minimum absolute atomic E-state index is 0.0287. The third-order valence-electron chi connectivity index (χ3n) is 4.01. The van der Waals surface area contributed by atoms with Gasteiger partial charge >= 0.3 is 5.97 Å². The number of para-hydroxylation sites is 1. The fraction of sp³-hybridized carbons (Fsp3) is 0.300. The van der Waals surface area contributed by atoms with Crippen LogP contribution in [0, 0.1) is 0 Å². The van der Waals surface area contributed by atoms with Crippen LogP contribution in [0.4, 0.5) is 5.69 Å². The van der Waals surface area contributed by atoms with Crippen LogP contribution in [0.25, 0.3) is 10.2 Å². The van der Waals surface area contributed by atoms with E-state index in [1.807, 2.05) is 0 Å². The maximum absolute atomic E-state index is 12.7. The van der Waals surface area contributed by atoms with Crippen LogP contribution < -0.4 is 10.9 Å². The molecule has 0 radical (unpaired) electrons. The van der Waals surface area contributed by atoms with Gasteiger partial charge in [-0.15, -0.1) is 11.3 Å². The van der Waals surface area contributed by atoms with Crippen molar-refractivity contribution in [2.75, 3.05) is 17.7 Å². The summed E-state index contributed by atoms with van der Waals surface area (Å²) in [6.45, 7) is 3.60. The highest BCUT2D eigenvalue weighted by Gasteiger charge is 2.17. The summed E-state index contributed by atoms with van der Waals surface area (Å²) in [5.41, 5.74) is 0.930. The molecule has 1 aromatic carbocycles. The Morgan fingerprint density at radius 3 is 2.83 bits per heavy atom. The zero-order valence-corrected chi connectivity index (χ0v) is 18.1. The quantitative estimate of drug-likeness (QED) is 0.310. The van der Waals surface area contributed by atoms with Gasteiger partial charge in [-0.05, 0) is 37.4 Å². The molecule has 1 amide bonds. The van der Waals surface area contributed by atoms with Crippen molar-refractivity contribution in [2.45, 2.75) is 31.7 Å². The molecule has 10 heteroatoms. The molecule has 0 saturated heterocycles. The van der Waals surface area contributed by atoms with E-state index >= 15 is 0 Å². The third-order valence-corrected chi connectivity index (χ3v) is 5.87. The number of thiophene rings is 1. The summed E-state index contributed by atoms with van der Waals surface area (Å²) in [5.74, 6) is -0.907. The van der Waals surface area contributed by atoms with E-state index < -0.39 is 12.1 Å². The number of benzene rings is 1. The van der Waals surface area contributed by atoms with Gasteiger partial charge in [0.05, 0.1) is 41.8 Å². The number of rotatable bonds is 8. The topological polar surface area (TPSA) is 111 Å². The number of thioether (sulfide) groups is 1. The van der Waals surface area contributed by atoms with Gasteiger partial charge in [0.2, 0.25) is 5.91 Å². The smallest absolute Gasteiger partial charge is 0.340 e. The Balaban J connectivity index is 1.78. The number of carbonyl (C=O) groups excluding carboxylic acids is 2. The predicted octanol–water partition coefficient (Wildman–Crippen LogP) is 2.75. The van der Waals surface area contributed by atoms with Crippen LogP contribution in [0.15, 0.2) is 45.7 Å². The second kappa shape index (κ2) is 9.88. The van der Waals surface area contributed by atoms with Crippen molar-refractivity contribution in [3.63, 3.8) is 0 Å². The van der Waals surface area contributed by atoms with Crippen LogP contribution in [0.3, 0.4) is 0 Å². The monoisotopic (exact) mass is 447 g/mol. The molecular weight excluding hydrogens is 426 g/mol. The summed E-state index contributed by atoms with van der Waals surface area (Å²) in [7, 11) is 0. The Kier molecular flexibility index (Phi) is 7.24. The minimum Gasteiger partial charge on any atom is -0.462 e. The average Bonchev–Trinajstić information content (AvgIpc) is 3.18. The maximum Gasteiger partial charge on any atom is 0.340 e. The van der Waals surface area contributed by atoms with Gasteiger partial charge in [-0.25, -0.2) is 9.78 Å². The number of aliphatic hydroxyl groups excluding tert-OH is 1. The molecule has 2 heterocycles.